The van der Waals surface area contributed by atoms with E-state index in [-0.39, 0.29) is 24.3 Å². The van der Waals surface area contributed by atoms with Crippen LogP contribution in [0.15, 0.2) is 65.5 Å². The molecule has 3 aromatic rings. The highest BCUT2D eigenvalue weighted by Crippen LogP contribution is 2.16. The Morgan fingerprint density at radius 3 is 2.88 bits per heavy atom. The molecular formula is C18H19N3O3. The van der Waals surface area contributed by atoms with E-state index < -0.39 is 0 Å². The maximum Gasteiger partial charge on any atom is 0.287 e. The summed E-state index contributed by atoms with van der Waals surface area (Å²) in [7, 11) is 0. The van der Waals surface area contributed by atoms with Crippen LogP contribution in [0.25, 0.3) is 0 Å². The van der Waals surface area contributed by atoms with Gasteiger partial charge in [-0.3, -0.25) is 9.48 Å². The average molecular weight is 325 g/mol. The van der Waals surface area contributed by atoms with E-state index in [4.69, 9.17) is 9.15 Å². The molecule has 1 amide bonds. The molecule has 0 aliphatic rings. The molecule has 3 rings (SSSR count). The molecular weight excluding hydrogens is 306 g/mol. The third kappa shape index (κ3) is 4.04. The van der Waals surface area contributed by atoms with E-state index >= 15 is 0 Å². The predicted molar refractivity (Wildman–Crippen MR) is 88.6 cm³/mol. The van der Waals surface area contributed by atoms with Crippen LogP contribution in [-0.2, 0) is 13.2 Å². The molecule has 24 heavy (non-hydrogen) atoms. The topological polar surface area (TPSA) is 69.3 Å². The van der Waals surface area contributed by atoms with Crippen molar-refractivity contribution in [3.8, 4) is 5.75 Å². The van der Waals surface area contributed by atoms with E-state index in [1.807, 2.05) is 49.5 Å². The number of hydrogen-bond acceptors (Lipinski definition) is 4. The molecule has 0 saturated carbocycles. The zero-order chi connectivity index (χ0) is 16.8. The van der Waals surface area contributed by atoms with Crippen molar-refractivity contribution in [2.24, 2.45) is 0 Å². The Bertz CT molecular complexity index is 766. The van der Waals surface area contributed by atoms with Crippen LogP contribution in [0, 0.1) is 0 Å². The van der Waals surface area contributed by atoms with Crippen molar-refractivity contribution in [3.63, 3.8) is 0 Å². The lowest BCUT2D eigenvalue weighted by Crippen LogP contribution is -2.36. The highest BCUT2D eigenvalue weighted by Gasteiger charge is 2.18. The van der Waals surface area contributed by atoms with Gasteiger partial charge < -0.3 is 14.5 Å². The number of hydrogen-bond donors (Lipinski definition) is 1. The molecule has 6 nitrogen and oxygen atoms in total. The lowest BCUT2D eigenvalue weighted by atomic mass is 10.2. The van der Waals surface area contributed by atoms with Crippen molar-refractivity contribution in [2.75, 3.05) is 0 Å². The van der Waals surface area contributed by atoms with Gasteiger partial charge in [0.15, 0.2) is 5.76 Å². The number of amides is 1. The number of nitrogens with one attached hydrogen (secondary N) is 1. The number of furan rings is 1. The highest BCUT2D eigenvalue weighted by atomic mass is 16.5. The standard InChI is InChI=1S/C18H19N3O3/c1-14(12-21-10-5-9-19-21)20-18(22)17-15(8-11-23-17)13-24-16-6-3-2-4-7-16/h2-11,14H,12-13H2,1H3,(H,20,22)/t14-/m0/s1. The molecule has 0 radical (unpaired) electrons. The van der Waals surface area contributed by atoms with Gasteiger partial charge in [0.05, 0.1) is 12.8 Å². The monoisotopic (exact) mass is 325 g/mol. The Hall–Kier alpha value is -3.02. The fraction of sp³-hybridized carbons (Fsp3) is 0.222. The van der Waals surface area contributed by atoms with Gasteiger partial charge in [0.25, 0.3) is 5.91 Å². The summed E-state index contributed by atoms with van der Waals surface area (Å²) < 4.78 is 12.8. The van der Waals surface area contributed by atoms with Crippen LogP contribution in [-0.4, -0.2) is 21.7 Å². The molecule has 1 atom stereocenters. The van der Waals surface area contributed by atoms with Gasteiger partial charge in [-0.05, 0) is 31.2 Å². The largest absolute Gasteiger partial charge is 0.489 e. The maximum absolute atomic E-state index is 12.4. The van der Waals surface area contributed by atoms with E-state index in [0.29, 0.717) is 12.1 Å². The number of ether oxygens (including phenoxy) is 1. The summed E-state index contributed by atoms with van der Waals surface area (Å²) in [5.74, 6) is 0.765. The summed E-state index contributed by atoms with van der Waals surface area (Å²) in [5, 5.41) is 7.04. The number of benzene rings is 1. The molecule has 2 aromatic heterocycles. The second kappa shape index (κ2) is 7.50. The second-order valence-electron chi connectivity index (χ2n) is 5.48. The lowest BCUT2D eigenvalue weighted by molar-refractivity contribution is 0.0904. The molecule has 0 saturated heterocycles. The molecule has 0 aliphatic carbocycles. The Balaban J connectivity index is 1.58. The Kier molecular flexibility index (Phi) is 4.96. The van der Waals surface area contributed by atoms with Gasteiger partial charge >= 0.3 is 0 Å². The van der Waals surface area contributed by atoms with Crippen LogP contribution in [0.2, 0.25) is 0 Å². The van der Waals surface area contributed by atoms with Crippen molar-refractivity contribution in [1.82, 2.24) is 15.1 Å². The van der Waals surface area contributed by atoms with Crippen molar-refractivity contribution < 1.29 is 13.9 Å². The zero-order valence-corrected chi connectivity index (χ0v) is 13.4. The molecule has 2 heterocycles. The first-order chi connectivity index (χ1) is 11.7. The van der Waals surface area contributed by atoms with Crippen LogP contribution in [0.3, 0.4) is 0 Å². The summed E-state index contributed by atoms with van der Waals surface area (Å²) >= 11 is 0. The molecule has 6 heteroatoms. The summed E-state index contributed by atoms with van der Waals surface area (Å²) in [6.07, 6.45) is 5.06. The van der Waals surface area contributed by atoms with Crippen molar-refractivity contribution in [3.05, 3.63) is 72.4 Å². The summed E-state index contributed by atoms with van der Waals surface area (Å²) in [6.45, 7) is 2.79. The van der Waals surface area contributed by atoms with Gasteiger partial charge in [0, 0.05) is 24.0 Å². The molecule has 1 N–H and O–H groups in total. The van der Waals surface area contributed by atoms with Crippen LogP contribution >= 0.6 is 0 Å². The molecule has 1 aromatic carbocycles. The van der Waals surface area contributed by atoms with E-state index in [1.165, 1.54) is 6.26 Å². The number of nitrogens with zero attached hydrogens (tertiary/aromatic N) is 2. The van der Waals surface area contributed by atoms with Crippen LogP contribution in [0.5, 0.6) is 5.75 Å². The van der Waals surface area contributed by atoms with Gasteiger partial charge in [-0.1, -0.05) is 18.2 Å². The van der Waals surface area contributed by atoms with E-state index in [0.717, 1.165) is 5.75 Å². The maximum atomic E-state index is 12.4. The third-order valence-corrected chi connectivity index (χ3v) is 3.49. The predicted octanol–water partition coefficient (Wildman–Crippen LogP) is 2.87. The molecule has 0 bridgehead atoms. The second-order valence-corrected chi connectivity index (χ2v) is 5.48. The highest BCUT2D eigenvalue weighted by molar-refractivity contribution is 5.93. The summed E-state index contributed by atoms with van der Waals surface area (Å²) in [6, 6.07) is 13.0. The van der Waals surface area contributed by atoms with Crippen molar-refractivity contribution in [1.29, 1.82) is 0 Å². The van der Waals surface area contributed by atoms with Crippen LogP contribution in [0.1, 0.15) is 23.0 Å². The number of rotatable bonds is 7. The van der Waals surface area contributed by atoms with Gasteiger partial charge in [0.2, 0.25) is 0 Å². The third-order valence-electron chi connectivity index (χ3n) is 3.49. The van der Waals surface area contributed by atoms with Gasteiger partial charge in [-0.2, -0.15) is 5.10 Å². The Morgan fingerprint density at radius 1 is 1.29 bits per heavy atom. The first kappa shape index (κ1) is 15.9. The van der Waals surface area contributed by atoms with E-state index in [9.17, 15) is 4.79 Å². The van der Waals surface area contributed by atoms with Crippen LogP contribution in [0.4, 0.5) is 0 Å². The molecule has 0 spiro atoms. The smallest absolute Gasteiger partial charge is 0.287 e. The van der Waals surface area contributed by atoms with E-state index in [2.05, 4.69) is 10.4 Å². The zero-order valence-electron chi connectivity index (χ0n) is 13.4. The minimum absolute atomic E-state index is 0.0783. The molecule has 124 valence electrons. The number of aromatic nitrogens is 2. The first-order valence-electron chi connectivity index (χ1n) is 7.75. The average Bonchev–Trinajstić information content (AvgIpc) is 3.25. The number of para-hydroxylation sites is 1. The van der Waals surface area contributed by atoms with Gasteiger partial charge in [-0.25, -0.2) is 0 Å². The normalized spacial score (nSPS) is 11.9. The first-order valence-corrected chi connectivity index (χ1v) is 7.75. The minimum atomic E-state index is -0.258. The number of carbonyl (C=O) groups excluding carboxylic acids is 1. The SMILES string of the molecule is C[C@@H](Cn1cccn1)NC(=O)c1occc1COc1ccccc1. The summed E-state index contributed by atoms with van der Waals surface area (Å²) in [4.78, 5) is 12.4. The van der Waals surface area contributed by atoms with Gasteiger partial charge in [0.1, 0.15) is 12.4 Å². The molecule has 0 fully saturated rings. The quantitative estimate of drug-likeness (QED) is 0.725. The lowest BCUT2D eigenvalue weighted by Gasteiger charge is -2.13. The Labute approximate surface area is 140 Å². The van der Waals surface area contributed by atoms with E-state index in [1.54, 1.807) is 16.9 Å². The fourth-order valence-corrected chi connectivity index (χ4v) is 2.35. The van der Waals surface area contributed by atoms with Crippen molar-refractivity contribution >= 4 is 5.91 Å². The molecule has 0 unspecified atom stereocenters. The molecule has 0 aliphatic heterocycles. The fourth-order valence-electron chi connectivity index (χ4n) is 2.35. The Morgan fingerprint density at radius 2 is 2.12 bits per heavy atom. The van der Waals surface area contributed by atoms with Crippen LogP contribution < -0.4 is 10.1 Å². The minimum Gasteiger partial charge on any atom is -0.489 e. The summed E-state index contributed by atoms with van der Waals surface area (Å²) in [5.41, 5.74) is 0.711. The van der Waals surface area contributed by atoms with Gasteiger partial charge in [-0.15, -0.1) is 0 Å². The van der Waals surface area contributed by atoms with Crippen molar-refractivity contribution in [2.45, 2.75) is 26.1 Å². The number of carbonyl (C=O) groups is 1.